The third-order valence-corrected chi connectivity index (χ3v) is 4.70. The molecule has 1 aromatic rings. The Bertz CT molecular complexity index is 562. The summed E-state index contributed by atoms with van der Waals surface area (Å²) in [6.07, 6.45) is 1.07. The maximum Gasteiger partial charge on any atom is 0.238 e. The van der Waals surface area contributed by atoms with Crippen molar-refractivity contribution in [1.82, 2.24) is 15.1 Å². The molecule has 2 rings (SSSR count). The van der Waals surface area contributed by atoms with E-state index in [0.29, 0.717) is 6.54 Å². The minimum Gasteiger partial charge on any atom is -0.363 e. The maximum atomic E-state index is 12.3. The van der Waals surface area contributed by atoms with Gasteiger partial charge in [-0.25, -0.2) is 0 Å². The monoisotopic (exact) mass is 348 g/mol. The van der Waals surface area contributed by atoms with Crippen molar-refractivity contribution in [2.75, 3.05) is 44.6 Å². The van der Waals surface area contributed by atoms with Gasteiger partial charge in [0.25, 0.3) is 0 Å². The Balaban J connectivity index is 1.79. The van der Waals surface area contributed by atoms with Crippen molar-refractivity contribution < 1.29 is 4.79 Å². The van der Waals surface area contributed by atoms with Gasteiger partial charge in [-0.2, -0.15) is 0 Å². The van der Waals surface area contributed by atoms with E-state index in [0.717, 1.165) is 61.1 Å². The predicted molar refractivity (Wildman–Crippen MR) is 103 cm³/mol. The molecular weight excluding hydrogens is 320 g/mol. The second kappa shape index (κ2) is 8.99. The number of nitrogens with zero attached hydrogens (tertiary/aromatic N) is 2. The highest BCUT2D eigenvalue weighted by molar-refractivity contribution is 7.80. The van der Waals surface area contributed by atoms with Gasteiger partial charge in [-0.05, 0) is 43.6 Å². The van der Waals surface area contributed by atoms with Crippen LogP contribution in [0.25, 0.3) is 0 Å². The van der Waals surface area contributed by atoms with Gasteiger partial charge in [0.05, 0.1) is 6.54 Å². The number of rotatable bonds is 5. The van der Waals surface area contributed by atoms with Crippen LogP contribution in [0.1, 0.15) is 24.5 Å². The van der Waals surface area contributed by atoms with Crippen LogP contribution < -0.4 is 10.6 Å². The summed E-state index contributed by atoms with van der Waals surface area (Å²) in [5.74, 6) is 0.0486. The molecule has 1 heterocycles. The molecule has 1 fully saturated rings. The van der Waals surface area contributed by atoms with Crippen LogP contribution in [-0.2, 0) is 4.79 Å². The number of amides is 1. The SMILES string of the molecule is CCCNC(=S)N1CCN(CC(=O)Nc2c(C)cccc2C)CC1. The van der Waals surface area contributed by atoms with Crippen molar-refractivity contribution in [3.63, 3.8) is 0 Å². The number of benzene rings is 1. The third kappa shape index (κ3) is 5.18. The number of hydrogen-bond acceptors (Lipinski definition) is 3. The molecule has 1 aliphatic heterocycles. The van der Waals surface area contributed by atoms with Gasteiger partial charge in [0, 0.05) is 38.4 Å². The van der Waals surface area contributed by atoms with Gasteiger partial charge in [-0.1, -0.05) is 25.1 Å². The Morgan fingerprint density at radius 1 is 1.17 bits per heavy atom. The number of aryl methyl sites for hydroxylation is 2. The van der Waals surface area contributed by atoms with Crippen molar-refractivity contribution in [3.05, 3.63) is 29.3 Å². The largest absolute Gasteiger partial charge is 0.363 e. The molecule has 0 radical (unpaired) electrons. The number of nitrogens with one attached hydrogen (secondary N) is 2. The van der Waals surface area contributed by atoms with Crippen molar-refractivity contribution >= 4 is 28.9 Å². The van der Waals surface area contributed by atoms with E-state index in [1.807, 2.05) is 32.0 Å². The summed E-state index contributed by atoms with van der Waals surface area (Å²) in [5.41, 5.74) is 3.13. The molecular formula is C18H28N4OS. The van der Waals surface area contributed by atoms with Crippen LogP contribution >= 0.6 is 12.2 Å². The zero-order chi connectivity index (χ0) is 17.5. The van der Waals surface area contributed by atoms with E-state index in [2.05, 4.69) is 27.4 Å². The average molecular weight is 349 g/mol. The van der Waals surface area contributed by atoms with Crippen LogP contribution in [0.15, 0.2) is 18.2 Å². The summed E-state index contributed by atoms with van der Waals surface area (Å²) in [6, 6.07) is 6.05. The van der Waals surface area contributed by atoms with Crippen molar-refractivity contribution in [3.8, 4) is 0 Å². The van der Waals surface area contributed by atoms with Gasteiger partial charge in [0.1, 0.15) is 0 Å². The van der Waals surface area contributed by atoms with Gasteiger partial charge in [-0.3, -0.25) is 9.69 Å². The molecule has 0 spiro atoms. The van der Waals surface area contributed by atoms with Crippen LogP contribution in [0.4, 0.5) is 5.69 Å². The second-order valence-corrected chi connectivity index (χ2v) is 6.70. The first-order chi connectivity index (χ1) is 11.5. The Hall–Kier alpha value is -1.66. The minimum absolute atomic E-state index is 0.0486. The Morgan fingerprint density at radius 2 is 1.79 bits per heavy atom. The van der Waals surface area contributed by atoms with Gasteiger partial charge < -0.3 is 15.5 Å². The standard InChI is InChI=1S/C18H28N4OS/c1-4-8-19-18(24)22-11-9-21(10-12-22)13-16(23)20-17-14(2)6-5-7-15(17)3/h5-7H,4,8-13H2,1-3H3,(H,19,24)(H,20,23). The molecule has 0 bridgehead atoms. The van der Waals surface area contributed by atoms with Crippen LogP contribution in [0.5, 0.6) is 0 Å². The molecule has 0 atom stereocenters. The van der Waals surface area contributed by atoms with E-state index in [1.165, 1.54) is 0 Å². The molecule has 6 heteroatoms. The van der Waals surface area contributed by atoms with Crippen molar-refractivity contribution in [2.45, 2.75) is 27.2 Å². The normalized spacial score (nSPS) is 15.2. The van der Waals surface area contributed by atoms with Crippen LogP contribution in [0.3, 0.4) is 0 Å². The molecule has 0 aromatic heterocycles. The summed E-state index contributed by atoms with van der Waals surface area (Å²) in [7, 11) is 0. The highest BCUT2D eigenvalue weighted by atomic mass is 32.1. The number of anilines is 1. The van der Waals surface area contributed by atoms with E-state index >= 15 is 0 Å². The third-order valence-electron chi connectivity index (χ3n) is 4.30. The lowest BCUT2D eigenvalue weighted by molar-refractivity contribution is -0.117. The molecule has 1 amide bonds. The molecule has 0 aliphatic carbocycles. The summed E-state index contributed by atoms with van der Waals surface area (Å²) in [4.78, 5) is 16.7. The Kier molecular flexibility index (Phi) is 6.99. The average Bonchev–Trinajstić information content (AvgIpc) is 2.57. The number of para-hydroxylation sites is 1. The first-order valence-electron chi connectivity index (χ1n) is 8.62. The predicted octanol–water partition coefficient (Wildman–Crippen LogP) is 2.14. The Morgan fingerprint density at radius 3 is 2.38 bits per heavy atom. The lowest BCUT2D eigenvalue weighted by Crippen LogP contribution is -2.53. The van der Waals surface area contributed by atoms with Crippen molar-refractivity contribution in [2.24, 2.45) is 0 Å². The molecule has 0 saturated carbocycles. The zero-order valence-corrected chi connectivity index (χ0v) is 15.7. The first-order valence-corrected chi connectivity index (χ1v) is 9.03. The molecule has 1 saturated heterocycles. The van der Waals surface area contributed by atoms with Gasteiger partial charge in [0.15, 0.2) is 5.11 Å². The van der Waals surface area contributed by atoms with Gasteiger partial charge in [0.2, 0.25) is 5.91 Å². The molecule has 24 heavy (non-hydrogen) atoms. The maximum absolute atomic E-state index is 12.3. The Labute approximate surface area is 150 Å². The van der Waals surface area contributed by atoms with E-state index in [-0.39, 0.29) is 5.91 Å². The fraction of sp³-hybridized carbons (Fsp3) is 0.556. The lowest BCUT2D eigenvalue weighted by atomic mass is 10.1. The fourth-order valence-electron chi connectivity index (χ4n) is 2.85. The van der Waals surface area contributed by atoms with Gasteiger partial charge >= 0.3 is 0 Å². The fourth-order valence-corrected chi connectivity index (χ4v) is 3.13. The molecule has 5 nitrogen and oxygen atoms in total. The van der Waals surface area contributed by atoms with Crippen LogP contribution in [-0.4, -0.2) is 60.1 Å². The topological polar surface area (TPSA) is 47.6 Å². The zero-order valence-electron chi connectivity index (χ0n) is 14.9. The van der Waals surface area contributed by atoms with Crippen molar-refractivity contribution in [1.29, 1.82) is 0 Å². The molecule has 132 valence electrons. The number of carbonyl (C=O) groups is 1. The van der Waals surface area contributed by atoms with Gasteiger partial charge in [-0.15, -0.1) is 0 Å². The van der Waals surface area contributed by atoms with Crippen LogP contribution in [0.2, 0.25) is 0 Å². The summed E-state index contributed by atoms with van der Waals surface area (Å²) < 4.78 is 0. The number of carbonyl (C=O) groups excluding carboxylic acids is 1. The van der Waals surface area contributed by atoms with E-state index in [1.54, 1.807) is 0 Å². The molecule has 2 N–H and O–H groups in total. The molecule has 1 aromatic carbocycles. The van der Waals surface area contributed by atoms with Crippen LogP contribution in [0, 0.1) is 13.8 Å². The number of hydrogen-bond donors (Lipinski definition) is 2. The minimum atomic E-state index is 0.0486. The number of piperazine rings is 1. The highest BCUT2D eigenvalue weighted by Crippen LogP contribution is 2.19. The first kappa shape index (κ1) is 18.7. The lowest BCUT2D eigenvalue weighted by Gasteiger charge is -2.35. The van der Waals surface area contributed by atoms with E-state index in [4.69, 9.17) is 12.2 Å². The quantitative estimate of drug-likeness (QED) is 0.799. The second-order valence-electron chi connectivity index (χ2n) is 6.31. The summed E-state index contributed by atoms with van der Waals surface area (Å²) >= 11 is 5.40. The molecule has 0 unspecified atom stereocenters. The summed E-state index contributed by atoms with van der Waals surface area (Å²) in [5, 5.41) is 7.15. The summed E-state index contributed by atoms with van der Waals surface area (Å²) in [6.45, 7) is 11.0. The van der Waals surface area contributed by atoms with E-state index < -0.39 is 0 Å². The highest BCUT2D eigenvalue weighted by Gasteiger charge is 2.20. The number of thiocarbonyl (C=S) groups is 1. The molecule has 1 aliphatic rings. The van der Waals surface area contributed by atoms with E-state index in [9.17, 15) is 4.79 Å². The smallest absolute Gasteiger partial charge is 0.238 e.